The summed E-state index contributed by atoms with van der Waals surface area (Å²) in [5.41, 5.74) is -0.227. The Morgan fingerprint density at radius 3 is 1.93 bits per heavy atom. The molecular weight excluding hydrogens is 360 g/mol. The van der Waals surface area contributed by atoms with E-state index in [2.05, 4.69) is 72.9 Å². The second-order valence-electron chi connectivity index (χ2n) is 12.0. The Balaban J connectivity index is 4.37. The average Bonchev–Trinajstić information content (AvgIpc) is 2.52. The number of hydrogen-bond acceptors (Lipinski definition) is 4. The largest absolute Gasteiger partial charge is 0.361 e. The van der Waals surface area contributed by atoms with E-state index < -0.39 is 5.54 Å². The summed E-state index contributed by atoms with van der Waals surface area (Å²) in [4.78, 5) is 12.8. The van der Waals surface area contributed by atoms with Crippen molar-refractivity contribution >= 4 is 5.78 Å². The van der Waals surface area contributed by atoms with E-state index in [1.165, 1.54) is 0 Å². The van der Waals surface area contributed by atoms with Gasteiger partial charge in [-0.1, -0.05) is 54.9 Å². The second kappa shape index (κ2) is 11.8. The molecule has 1 unspecified atom stereocenters. The SMILES string of the molecule is CCNC(C)(C)OCCCCCC(=O)C(C)(C)NCC(CC(C)(C)C)C(C)(C)C. The summed E-state index contributed by atoms with van der Waals surface area (Å²) in [7, 11) is 0. The molecule has 29 heavy (non-hydrogen) atoms. The van der Waals surface area contributed by atoms with Crippen LogP contribution in [0.1, 0.15) is 108 Å². The lowest BCUT2D eigenvalue weighted by molar-refractivity contribution is -0.124. The van der Waals surface area contributed by atoms with E-state index in [1.54, 1.807) is 0 Å². The van der Waals surface area contributed by atoms with Gasteiger partial charge in [-0.2, -0.15) is 0 Å². The van der Waals surface area contributed by atoms with E-state index in [9.17, 15) is 4.79 Å². The fourth-order valence-electron chi connectivity index (χ4n) is 3.58. The van der Waals surface area contributed by atoms with Gasteiger partial charge in [-0.3, -0.25) is 10.1 Å². The molecule has 0 rings (SSSR count). The van der Waals surface area contributed by atoms with Crippen molar-refractivity contribution in [2.45, 2.75) is 120 Å². The number of carbonyl (C=O) groups excluding carboxylic acids is 1. The third kappa shape index (κ3) is 13.5. The maximum atomic E-state index is 12.8. The van der Waals surface area contributed by atoms with Crippen LogP contribution in [0.2, 0.25) is 0 Å². The molecule has 0 aromatic rings. The first-order valence-corrected chi connectivity index (χ1v) is 11.7. The summed E-state index contributed by atoms with van der Waals surface area (Å²) in [6.45, 7) is 26.6. The number of carbonyl (C=O) groups is 1. The first kappa shape index (κ1) is 28.5. The van der Waals surface area contributed by atoms with Crippen molar-refractivity contribution in [3.05, 3.63) is 0 Å². The van der Waals surface area contributed by atoms with Gasteiger partial charge in [-0.25, -0.2) is 0 Å². The lowest BCUT2D eigenvalue weighted by atomic mass is 9.72. The summed E-state index contributed by atoms with van der Waals surface area (Å²) in [5.74, 6) is 0.849. The van der Waals surface area contributed by atoms with Gasteiger partial charge in [-0.15, -0.1) is 0 Å². The molecule has 0 radical (unpaired) electrons. The molecule has 0 aromatic heterocycles. The minimum absolute atomic E-state index is 0.222. The number of unbranched alkanes of at least 4 members (excludes halogenated alkanes) is 2. The smallest absolute Gasteiger partial charge is 0.152 e. The molecule has 0 aromatic carbocycles. The molecule has 0 saturated heterocycles. The highest BCUT2D eigenvalue weighted by Crippen LogP contribution is 2.35. The Labute approximate surface area is 182 Å². The maximum Gasteiger partial charge on any atom is 0.152 e. The van der Waals surface area contributed by atoms with E-state index >= 15 is 0 Å². The van der Waals surface area contributed by atoms with Crippen molar-refractivity contribution in [2.24, 2.45) is 16.7 Å². The van der Waals surface area contributed by atoms with Gasteiger partial charge in [0.15, 0.2) is 5.78 Å². The molecule has 0 aliphatic rings. The van der Waals surface area contributed by atoms with Gasteiger partial charge in [0.25, 0.3) is 0 Å². The third-order valence-corrected chi connectivity index (χ3v) is 5.68. The lowest BCUT2D eigenvalue weighted by Crippen LogP contribution is -2.50. The van der Waals surface area contributed by atoms with Crippen molar-refractivity contribution in [3.8, 4) is 0 Å². The highest BCUT2D eigenvalue weighted by Gasteiger charge is 2.32. The zero-order chi connectivity index (χ0) is 22.9. The van der Waals surface area contributed by atoms with Gasteiger partial charge < -0.3 is 10.1 Å². The Morgan fingerprint density at radius 1 is 0.862 bits per heavy atom. The highest BCUT2D eigenvalue weighted by molar-refractivity contribution is 5.87. The number of rotatable bonds is 14. The highest BCUT2D eigenvalue weighted by atomic mass is 16.5. The summed E-state index contributed by atoms with van der Waals surface area (Å²) < 4.78 is 5.87. The lowest BCUT2D eigenvalue weighted by Gasteiger charge is -2.38. The number of ketones is 1. The average molecular weight is 413 g/mol. The van der Waals surface area contributed by atoms with Crippen LogP contribution in [0.15, 0.2) is 0 Å². The number of Topliss-reactive ketones (excluding diaryl/α,β-unsaturated/α-hetero) is 1. The molecule has 0 aliphatic heterocycles. The molecule has 0 amide bonds. The first-order valence-electron chi connectivity index (χ1n) is 11.7. The van der Waals surface area contributed by atoms with Crippen molar-refractivity contribution in [3.63, 3.8) is 0 Å². The zero-order valence-electron chi connectivity index (χ0n) is 21.6. The maximum absolute atomic E-state index is 12.8. The van der Waals surface area contributed by atoms with Crippen LogP contribution in [0.5, 0.6) is 0 Å². The van der Waals surface area contributed by atoms with Gasteiger partial charge in [0.2, 0.25) is 0 Å². The Morgan fingerprint density at radius 2 is 1.45 bits per heavy atom. The molecule has 0 fully saturated rings. The normalized spacial score (nSPS) is 14.9. The molecule has 4 heteroatoms. The van der Waals surface area contributed by atoms with Crippen LogP contribution in [0.3, 0.4) is 0 Å². The Kier molecular flexibility index (Phi) is 11.6. The molecule has 2 N–H and O–H groups in total. The monoisotopic (exact) mass is 412 g/mol. The van der Waals surface area contributed by atoms with E-state index in [0.717, 1.165) is 45.4 Å². The molecule has 0 aliphatic carbocycles. The summed E-state index contributed by atoms with van der Waals surface area (Å²) in [6, 6.07) is 0. The topological polar surface area (TPSA) is 50.4 Å². The molecule has 0 spiro atoms. The predicted octanol–water partition coefficient (Wildman–Crippen LogP) is 5.94. The van der Waals surface area contributed by atoms with Crippen LogP contribution in [0, 0.1) is 16.7 Å². The molecule has 0 heterocycles. The number of hydrogen-bond donors (Lipinski definition) is 2. The van der Waals surface area contributed by atoms with E-state index in [0.29, 0.717) is 18.1 Å². The molecular formula is C25H52N2O2. The predicted molar refractivity (Wildman–Crippen MR) is 126 cm³/mol. The van der Waals surface area contributed by atoms with Crippen LogP contribution in [0.25, 0.3) is 0 Å². The summed E-state index contributed by atoms with van der Waals surface area (Å²) >= 11 is 0. The minimum Gasteiger partial charge on any atom is -0.361 e. The fraction of sp³-hybridized carbons (Fsp3) is 0.960. The number of nitrogens with one attached hydrogen (secondary N) is 2. The summed E-state index contributed by atoms with van der Waals surface area (Å²) in [6.07, 6.45) is 4.74. The minimum atomic E-state index is -0.467. The molecule has 0 saturated carbocycles. The van der Waals surface area contributed by atoms with Crippen molar-refractivity contribution in [1.82, 2.24) is 10.6 Å². The van der Waals surface area contributed by atoms with Gasteiger partial charge >= 0.3 is 0 Å². The van der Waals surface area contributed by atoms with Gasteiger partial charge in [0.1, 0.15) is 5.72 Å². The van der Waals surface area contributed by atoms with Crippen LogP contribution in [0.4, 0.5) is 0 Å². The van der Waals surface area contributed by atoms with Gasteiger partial charge in [0, 0.05) is 13.0 Å². The van der Waals surface area contributed by atoms with Crippen molar-refractivity contribution < 1.29 is 9.53 Å². The molecule has 174 valence electrons. The van der Waals surface area contributed by atoms with Crippen molar-refractivity contribution in [1.29, 1.82) is 0 Å². The Bertz CT molecular complexity index is 470. The second-order valence-corrected chi connectivity index (χ2v) is 12.0. The quantitative estimate of drug-likeness (QED) is 0.274. The molecule has 4 nitrogen and oxygen atoms in total. The van der Waals surface area contributed by atoms with Crippen LogP contribution < -0.4 is 10.6 Å². The van der Waals surface area contributed by atoms with Crippen LogP contribution in [-0.4, -0.2) is 36.7 Å². The Hall–Kier alpha value is -0.450. The van der Waals surface area contributed by atoms with E-state index in [4.69, 9.17) is 4.74 Å². The number of ether oxygens (including phenoxy) is 1. The fourth-order valence-corrected chi connectivity index (χ4v) is 3.58. The van der Waals surface area contributed by atoms with Gasteiger partial charge in [0.05, 0.1) is 5.54 Å². The first-order chi connectivity index (χ1) is 13.0. The van der Waals surface area contributed by atoms with E-state index in [1.807, 2.05) is 13.8 Å². The zero-order valence-corrected chi connectivity index (χ0v) is 21.6. The molecule has 1 atom stereocenters. The van der Waals surface area contributed by atoms with E-state index in [-0.39, 0.29) is 16.6 Å². The van der Waals surface area contributed by atoms with Crippen molar-refractivity contribution in [2.75, 3.05) is 19.7 Å². The van der Waals surface area contributed by atoms with Gasteiger partial charge in [-0.05, 0) is 76.8 Å². The standard InChI is InChI=1S/C25H52N2O2/c1-12-26-25(10,11)29-17-15-13-14-16-21(28)24(8,9)27-19-20(23(5,6)7)18-22(2,3)4/h20,26-27H,12-19H2,1-11H3. The third-order valence-electron chi connectivity index (χ3n) is 5.68. The van der Waals surface area contributed by atoms with Crippen LogP contribution in [-0.2, 0) is 9.53 Å². The molecule has 0 bridgehead atoms. The summed E-state index contributed by atoms with van der Waals surface area (Å²) in [5, 5.41) is 6.91. The van der Waals surface area contributed by atoms with Crippen LogP contribution >= 0.6 is 0 Å².